The molecule has 1 unspecified atom stereocenters. The van der Waals surface area contributed by atoms with Crippen molar-refractivity contribution in [1.29, 1.82) is 0 Å². The molecule has 1 heterocycles. The molecule has 0 radical (unpaired) electrons. The number of nitrogens with zero attached hydrogens (tertiary/aromatic N) is 1. The average molecular weight is 238 g/mol. The SMILES string of the molecule is O=C(O)CCC(CNc1ccccn1)C(=O)O. The maximum atomic E-state index is 10.9. The Morgan fingerprint density at radius 2 is 2.12 bits per heavy atom. The first-order chi connectivity index (χ1) is 8.09. The molecular formula is C11H14N2O4. The van der Waals surface area contributed by atoms with Gasteiger partial charge in [-0.1, -0.05) is 6.07 Å². The van der Waals surface area contributed by atoms with Crippen molar-refractivity contribution in [1.82, 2.24) is 4.98 Å². The largest absolute Gasteiger partial charge is 0.481 e. The second kappa shape index (κ2) is 6.47. The number of aliphatic carboxylic acids is 2. The van der Waals surface area contributed by atoms with Crippen LogP contribution in [0.2, 0.25) is 0 Å². The summed E-state index contributed by atoms with van der Waals surface area (Å²) in [5, 5.41) is 20.3. The number of nitrogens with one attached hydrogen (secondary N) is 1. The van der Waals surface area contributed by atoms with Crippen molar-refractivity contribution in [3.63, 3.8) is 0 Å². The first kappa shape index (κ1) is 13.0. The van der Waals surface area contributed by atoms with Crippen molar-refractivity contribution in [2.24, 2.45) is 5.92 Å². The molecule has 1 rings (SSSR count). The van der Waals surface area contributed by atoms with Crippen molar-refractivity contribution < 1.29 is 19.8 Å². The summed E-state index contributed by atoms with van der Waals surface area (Å²) in [5.41, 5.74) is 0. The fourth-order valence-corrected chi connectivity index (χ4v) is 1.31. The summed E-state index contributed by atoms with van der Waals surface area (Å²) >= 11 is 0. The van der Waals surface area contributed by atoms with Gasteiger partial charge in [0.1, 0.15) is 5.82 Å². The van der Waals surface area contributed by atoms with Crippen LogP contribution < -0.4 is 5.32 Å². The molecule has 0 aromatic carbocycles. The minimum absolute atomic E-state index is 0.102. The van der Waals surface area contributed by atoms with E-state index >= 15 is 0 Å². The van der Waals surface area contributed by atoms with E-state index in [1.54, 1.807) is 24.4 Å². The summed E-state index contributed by atoms with van der Waals surface area (Å²) in [4.78, 5) is 25.2. The zero-order valence-corrected chi connectivity index (χ0v) is 9.17. The van der Waals surface area contributed by atoms with Gasteiger partial charge < -0.3 is 15.5 Å². The molecule has 0 bridgehead atoms. The number of carbonyl (C=O) groups is 2. The maximum absolute atomic E-state index is 10.9. The zero-order valence-electron chi connectivity index (χ0n) is 9.17. The first-order valence-corrected chi connectivity index (χ1v) is 5.19. The summed E-state index contributed by atoms with van der Waals surface area (Å²) < 4.78 is 0. The monoisotopic (exact) mass is 238 g/mol. The maximum Gasteiger partial charge on any atom is 0.308 e. The second-order valence-electron chi connectivity index (χ2n) is 3.56. The third-order valence-electron chi connectivity index (χ3n) is 2.25. The van der Waals surface area contributed by atoms with Crippen molar-refractivity contribution in [3.05, 3.63) is 24.4 Å². The third-order valence-corrected chi connectivity index (χ3v) is 2.25. The normalized spacial score (nSPS) is 11.8. The summed E-state index contributed by atoms with van der Waals surface area (Å²) in [5.74, 6) is -2.15. The lowest BCUT2D eigenvalue weighted by molar-refractivity contribution is -0.142. The first-order valence-electron chi connectivity index (χ1n) is 5.19. The topological polar surface area (TPSA) is 99.5 Å². The van der Waals surface area contributed by atoms with E-state index in [1.807, 2.05) is 0 Å². The Bertz CT molecular complexity index is 380. The van der Waals surface area contributed by atoms with Gasteiger partial charge in [-0.3, -0.25) is 9.59 Å². The number of anilines is 1. The van der Waals surface area contributed by atoms with Gasteiger partial charge in [0.15, 0.2) is 0 Å². The Morgan fingerprint density at radius 1 is 1.35 bits per heavy atom. The highest BCUT2D eigenvalue weighted by Crippen LogP contribution is 2.09. The predicted octanol–water partition coefficient (Wildman–Crippen LogP) is 1.06. The fourth-order valence-electron chi connectivity index (χ4n) is 1.31. The van der Waals surface area contributed by atoms with Gasteiger partial charge in [-0.25, -0.2) is 4.98 Å². The van der Waals surface area contributed by atoms with Gasteiger partial charge in [0.2, 0.25) is 0 Å². The average Bonchev–Trinajstić information content (AvgIpc) is 2.29. The summed E-state index contributed by atoms with van der Waals surface area (Å²) in [6.45, 7) is 0.166. The summed E-state index contributed by atoms with van der Waals surface area (Å²) in [6, 6.07) is 5.25. The number of carboxylic acid groups (broad SMARTS) is 2. The molecule has 6 nitrogen and oxygen atoms in total. The van der Waals surface area contributed by atoms with E-state index in [0.717, 1.165) is 0 Å². The zero-order chi connectivity index (χ0) is 12.7. The predicted molar refractivity (Wildman–Crippen MR) is 60.7 cm³/mol. The van der Waals surface area contributed by atoms with Gasteiger partial charge >= 0.3 is 11.9 Å². The van der Waals surface area contributed by atoms with Crippen LogP contribution in [0.25, 0.3) is 0 Å². The molecule has 0 aliphatic rings. The van der Waals surface area contributed by atoms with Crippen LogP contribution in [-0.2, 0) is 9.59 Å². The van der Waals surface area contributed by atoms with Crippen LogP contribution in [0.15, 0.2) is 24.4 Å². The molecule has 0 aliphatic heterocycles. The number of hydrogen-bond acceptors (Lipinski definition) is 4. The molecule has 3 N–H and O–H groups in total. The highest BCUT2D eigenvalue weighted by atomic mass is 16.4. The molecule has 17 heavy (non-hydrogen) atoms. The van der Waals surface area contributed by atoms with Crippen LogP contribution in [-0.4, -0.2) is 33.7 Å². The molecular weight excluding hydrogens is 224 g/mol. The van der Waals surface area contributed by atoms with Crippen molar-refractivity contribution in [3.8, 4) is 0 Å². The fraction of sp³-hybridized carbons (Fsp3) is 0.364. The van der Waals surface area contributed by atoms with Crippen molar-refractivity contribution >= 4 is 17.8 Å². The molecule has 1 aromatic rings. The number of carboxylic acids is 2. The molecule has 1 aromatic heterocycles. The molecule has 0 saturated carbocycles. The minimum Gasteiger partial charge on any atom is -0.481 e. The number of rotatable bonds is 7. The number of aromatic nitrogens is 1. The van der Waals surface area contributed by atoms with E-state index < -0.39 is 17.9 Å². The van der Waals surface area contributed by atoms with Crippen LogP contribution in [0.3, 0.4) is 0 Å². The lowest BCUT2D eigenvalue weighted by Crippen LogP contribution is -2.24. The van der Waals surface area contributed by atoms with E-state index in [1.165, 1.54) is 0 Å². The molecule has 0 spiro atoms. The van der Waals surface area contributed by atoms with Crippen molar-refractivity contribution in [2.45, 2.75) is 12.8 Å². The van der Waals surface area contributed by atoms with Crippen LogP contribution in [0, 0.1) is 5.92 Å². The molecule has 6 heteroatoms. The summed E-state index contributed by atoms with van der Waals surface area (Å²) in [7, 11) is 0. The quantitative estimate of drug-likeness (QED) is 0.656. The number of hydrogen-bond donors (Lipinski definition) is 3. The standard InChI is InChI=1S/C11H14N2O4/c14-10(15)5-4-8(11(16)17)7-13-9-3-1-2-6-12-9/h1-3,6,8H,4-5,7H2,(H,12,13)(H,14,15)(H,16,17). The van der Waals surface area contributed by atoms with Gasteiger partial charge in [0, 0.05) is 19.2 Å². The third kappa shape index (κ3) is 4.96. The smallest absolute Gasteiger partial charge is 0.308 e. The van der Waals surface area contributed by atoms with Gasteiger partial charge in [-0.05, 0) is 18.6 Å². The molecule has 0 amide bonds. The minimum atomic E-state index is -1.00. The van der Waals surface area contributed by atoms with E-state index in [2.05, 4.69) is 10.3 Å². The van der Waals surface area contributed by atoms with E-state index in [9.17, 15) is 9.59 Å². The van der Waals surface area contributed by atoms with Gasteiger partial charge in [0.05, 0.1) is 5.92 Å². The van der Waals surface area contributed by atoms with E-state index in [4.69, 9.17) is 10.2 Å². The van der Waals surface area contributed by atoms with Gasteiger partial charge in [-0.15, -0.1) is 0 Å². The molecule has 0 aliphatic carbocycles. The lowest BCUT2D eigenvalue weighted by Gasteiger charge is -2.12. The van der Waals surface area contributed by atoms with Crippen LogP contribution in [0.5, 0.6) is 0 Å². The molecule has 92 valence electrons. The molecule has 0 saturated heterocycles. The van der Waals surface area contributed by atoms with E-state index in [-0.39, 0.29) is 19.4 Å². The van der Waals surface area contributed by atoms with Gasteiger partial charge in [0.25, 0.3) is 0 Å². The Kier molecular flexibility index (Phi) is 4.93. The Labute approximate surface area is 98.3 Å². The summed E-state index contributed by atoms with van der Waals surface area (Å²) in [6.07, 6.45) is 1.54. The Hall–Kier alpha value is -2.11. The van der Waals surface area contributed by atoms with Crippen molar-refractivity contribution in [2.75, 3.05) is 11.9 Å². The molecule has 0 fully saturated rings. The lowest BCUT2D eigenvalue weighted by atomic mass is 10.0. The highest BCUT2D eigenvalue weighted by molar-refractivity contribution is 5.72. The Balaban J connectivity index is 2.45. The Morgan fingerprint density at radius 3 is 2.65 bits per heavy atom. The molecule has 1 atom stereocenters. The van der Waals surface area contributed by atoms with Gasteiger partial charge in [-0.2, -0.15) is 0 Å². The highest BCUT2D eigenvalue weighted by Gasteiger charge is 2.18. The van der Waals surface area contributed by atoms with E-state index in [0.29, 0.717) is 5.82 Å². The van der Waals surface area contributed by atoms with Crippen LogP contribution in [0.4, 0.5) is 5.82 Å². The van der Waals surface area contributed by atoms with Crippen LogP contribution >= 0.6 is 0 Å². The number of pyridine rings is 1. The van der Waals surface area contributed by atoms with Crippen LogP contribution in [0.1, 0.15) is 12.8 Å². The second-order valence-corrected chi connectivity index (χ2v) is 3.56.